The number of carbonyl (C=O) groups is 2. The van der Waals surface area contributed by atoms with Gasteiger partial charge in [0, 0.05) is 20.0 Å². The van der Waals surface area contributed by atoms with Gasteiger partial charge in [0.15, 0.2) is 18.7 Å². The average Bonchev–Trinajstić information content (AvgIpc) is 2.64. The molecule has 0 radical (unpaired) electrons. The summed E-state index contributed by atoms with van der Waals surface area (Å²) in [4.78, 5) is 23.1. The van der Waals surface area contributed by atoms with E-state index in [9.17, 15) is 35.1 Å². The Morgan fingerprint density at radius 2 is 1.71 bits per heavy atom. The fourth-order valence-corrected chi connectivity index (χ4v) is 3.38. The Bertz CT molecular complexity index is 561. The van der Waals surface area contributed by atoms with E-state index in [2.05, 4.69) is 5.32 Å². The number of carboxylic acid groups (broad SMARTS) is 1. The van der Waals surface area contributed by atoms with Gasteiger partial charge < -0.3 is 49.8 Å². The van der Waals surface area contributed by atoms with E-state index >= 15 is 0 Å². The summed E-state index contributed by atoms with van der Waals surface area (Å²) in [6.45, 7) is 2.27. The van der Waals surface area contributed by atoms with Crippen molar-refractivity contribution in [3.05, 3.63) is 0 Å². The van der Waals surface area contributed by atoms with Crippen molar-refractivity contribution < 1.29 is 54.1 Å². The first-order chi connectivity index (χ1) is 13.1. The van der Waals surface area contributed by atoms with Crippen molar-refractivity contribution in [2.45, 2.75) is 69.1 Å². The lowest BCUT2D eigenvalue weighted by Crippen LogP contribution is -2.66. The molecule has 0 aromatic carbocycles. The number of aliphatic hydroxyl groups is 4. The first kappa shape index (κ1) is 22.9. The summed E-state index contributed by atoms with van der Waals surface area (Å²) in [5, 5.41) is 52.0. The van der Waals surface area contributed by atoms with Crippen LogP contribution in [0.3, 0.4) is 0 Å². The number of nitrogens with one attached hydrogen (secondary N) is 1. The first-order valence-electron chi connectivity index (χ1n) is 8.76. The highest BCUT2D eigenvalue weighted by Gasteiger charge is 2.52. The molecule has 1 amide bonds. The van der Waals surface area contributed by atoms with Crippen molar-refractivity contribution in [2.75, 3.05) is 13.7 Å². The molecule has 0 saturated carbocycles. The van der Waals surface area contributed by atoms with Crippen molar-refractivity contribution >= 4 is 11.9 Å². The van der Waals surface area contributed by atoms with Crippen LogP contribution in [0.25, 0.3) is 0 Å². The lowest BCUT2D eigenvalue weighted by Gasteiger charge is -2.47. The number of aliphatic hydroxyl groups excluding tert-OH is 4. The molecule has 10 atom stereocenters. The number of carbonyl (C=O) groups excluding carboxylic acids is 1. The van der Waals surface area contributed by atoms with Gasteiger partial charge in [-0.3, -0.25) is 4.79 Å². The van der Waals surface area contributed by atoms with Crippen molar-refractivity contribution in [2.24, 2.45) is 5.92 Å². The van der Waals surface area contributed by atoms with E-state index in [1.807, 2.05) is 0 Å². The summed E-state index contributed by atoms with van der Waals surface area (Å²) in [6.07, 6.45) is -11.5. The molecule has 0 spiro atoms. The monoisotopic (exact) mass is 409 g/mol. The highest BCUT2D eigenvalue weighted by molar-refractivity contribution is 5.74. The van der Waals surface area contributed by atoms with Crippen LogP contribution in [-0.4, -0.2) is 106 Å². The molecule has 2 rings (SSSR count). The van der Waals surface area contributed by atoms with E-state index in [-0.39, 0.29) is 0 Å². The molecule has 2 heterocycles. The van der Waals surface area contributed by atoms with E-state index in [1.54, 1.807) is 6.92 Å². The van der Waals surface area contributed by atoms with Crippen LogP contribution in [0, 0.1) is 5.92 Å². The summed E-state index contributed by atoms with van der Waals surface area (Å²) in [7, 11) is 1.17. The lowest BCUT2D eigenvalue weighted by atomic mass is 9.88. The molecule has 0 aromatic rings. The predicted octanol–water partition coefficient (Wildman–Crippen LogP) is -3.23. The maximum absolute atomic E-state index is 11.6. The second kappa shape index (κ2) is 9.41. The molecule has 28 heavy (non-hydrogen) atoms. The summed E-state index contributed by atoms with van der Waals surface area (Å²) in [6, 6.07) is -0.922. The standard InChI is InChI=1S/C16H27NO11/c1-5-8(17-6(2)19)15(26-7(4-18)9(5)20)27-12-10(21)11(22)16(25-3)28-13(12)14(23)24/h5,7-13,15-16,18,20-22H,4H2,1-3H3,(H,17,19)(H,23,24)/t5?,7?,8-,9?,10?,11?,12-,13+,15?,16?/m0/s1. The molecule has 12 nitrogen and oxygen atoms in total. The lowest BCUT2D eigenvalue weighted by molar-refractivity contribution is -0.335. The second-order valence-corrected chi connectivity index (χ2v) is 6.88. The first-order valence-corrected chi connectivity index (χ1v) is 8.76. The third-order valence-electron chi connectivity index (χ3n) is 4.95. The fraction of sp³-hybridized carbons (Fsp3) is 0.875. The van der Waals surface area contributed by atoms with E-state index in [0.29, 0.717) is 0 Å². The number of methoxy groups -OCH3 is 1. The van der Waals surface area contributed by atoms with Gasteiger partial charge in [-0.1, -0.05) is 6.92 Å². The maximum Gasteiger partial charge on any atom is 0.335 e. The van der Waals surface area contributed by atoms with E-state index < -0.39 is 79.6 Å². The van der Waals surface area contributed by atoms with Gasteiger partial charge in [0.05, 0.1) is 18.8 Å². The van der Waals surface area contributed by atoms with Gasteiger partial charge >= 0.3 is 5.97 Å². The normalized spacial score (nSPS) is 44.1. The second-order valence-electron chi connectivity index (χ2n) is 6.88. The van der Waals surface area contributed by atoms with Gasteiger partial charge in [-0.25, -0.2) is 4.79 Å². The molecular formula is C16H27NO11. The molecule has 0 aromatic heterocycles. The molecule has 7 unspecified atom stereocenters. The van der Waals surface area contributed by atoms with Crippen LogP contribution in [0.4, 0.5) is 0 Å². The highest BCUT2D eigenvalue weighted by Crippen LogP contribution is 2.31. The predicted molar refractivity (Wildman–Crippen MR) is 88.7 cm³/mol. The average molecular weight is 409 g/mol. The number of carboxylic acids is 1. The Hall–Kier alpha value is -1.38. The molecule has 2 saturated heterocycles. The Morgan fingerprint density at radius 1 is 1.07 bits per heavy atom. The molecule has 0 aliphatic carbocycles. The molecule has 162 valence electrons. The Kier molecular flexibility index (Phi) is 7.70. The van der Waals surface area contributed by atoms with Gasteiger partial charge in [0.1, 0.15) is 24.4 Å². The number of aliphatic carboxylic acids is 1. The number of ether oxygens (including phenoxy) is 4. The van der Waals surface area contributed by atoms with Crippen LogP contribution < -0.4 is 5.32 Å². The van der Waals surface area contributed by atoms with E-state index in [1.165, 1.54) is 14.0 Å². The summed E-state index contributed by atoms with van der Waals surface area (Å²) in [5.74, 6) is -2.57. The topological polar surface area (TPSA) is 184 Å². The third-order valence-corrected chi connectivity index (χ3v) is 4.95. The van der Waals surface area contributed by atoms with Crippen LogP contribution in [0.15, 0.2) is 0 Å². The summed E-state index contributed by atoms with van der Waals surface area (Å²) < 4.78 is 21.1. The van der Waals surface area contributed by atoms with Gasteiger partial charge in [-0.05, 0) is 0 Å². The third kappa shape index (κ3) is 4.60. The number of amides is 1. The van der Waals surface area contributed by atoms with Crippen molar-refractivity contribution in [1.82, 2.24) is 5.32 Å². The minimum Gasteiger partial charge on any atom is -0.479 e. The number of hydrogen-bond donors (Lipinski definition) is 6. The maximum atomic E-state index is 11.6. The van der Waals surface area contributed by atoms with Gasteiger partial charge in [-0.2, -0.15) is 0 Å². The minimum atomic E-state index is -1.71. The molecule has 0 bridgehead atoms. The van der Waals surface area contributed by atoms with Crippen molar-refractivity contribution in [1.29, 1.82) is 0 Å². The van der Waals surface area contributed by atoms with Crippen LogP contribution in [0.1, 0.15) is 13.8 Å². The summed E-state index contributed by atoms with van der Waals surface area (Å²) in [5.41, 5.74) is 0. The highest BCUT2D eigenvalue weighted by atomic mass is 16.7. The minimum absolute atomic E-state index is 0.460. The Balaban J connectivity index is 2.28. The fourth-order valence-electron chi connectivity index (χ4n) is 3.38. The van der Waals surface area contributed by atoms with Gasteiger partial charge in [-0.15, -0.1) is 0 Å². The van der Waals surface area contributed by atoms with E-state index in [4.69, 9.17) is 18.9 Å². The van der Waals surface area contributed by atoms with E-state index in [0.717, 1.165) is 0 Å². The SMILES string of the molecule is COC1O[C@@H](C(=O)O)[C@@H](OC2OC(CO)C(O)C(C)[C@@H]2NC(C)=O)C(O)C1O. The van der Waals surface area contributed by atoms with Crippen LogP contribution in [0.2, 0.25) is 0 Å². The zero-order chi connectivity index (χ0) is 21.2. The summed E-state index contributed by atoms with van der Waals surface area (Å²) >= 11 is 0. The largest absolute Gasteiger partial charge is 0.479 e. The smallest absolute Gasteiger partial charge is 0.335 e. The number of hydrogen-bond acceptors (Lipinski definition) is 10. The van der Waals surface area contributed by atoms with Crippen molar-refractivity contribution in [3.8, 4) is 0 Å². The Labute approximate surface area is 160 Å². The van der Waals surface area contributed by atoms with Crippen LogP contribution >= 0.6 is 0 Å². The quantitative estimate of drug-likeness (QED) is 0.259. The van der Waals surface area contributed by atoms with Crippen molar-refractivity contribution in [3.63, 3.8) is 0 Å². The van der Waals surface area contributed by atoms with Crippen LogP contribution in [-0.2, 0) is 28.5 Å². The molecule has 12 heteroatoms. The van der Waals surface area contributed by atoms with Crippen LogP contribution in [0.5, 0.6) is 0 Å². The zero-order valence-corrected chi connectivity index (χ0v) is 15.7. The van der Waals surface area contributed by atoms with Gasteiger partial charge in [0.2, 0.25) is 5.91 Å². The molecular weight excluding hydrogens is 382 g/mol. The van der Waals surface area contributed by atoms with Gasteiger partial charge in [0.25, 0.3) is 0 Å². The molecule has 6 N–H and O–H groups in total. The molecule has 2 aliphatic rings. The molecule has 2 aliphatic heterocycles. The zero-order valence-electron chi connectivity index (χ0n) is 15.7. The number of rotatable bonds is 6. The molecule has 2 fully saturated rings. The Morgan fingerprint density at radius 3 is 2.21 bits per heavy atom.